The number of halogens is 1. The lowest BCUT2D eigenvalue weighted by Gasteiger charge is -2.40. The Balaban J connectivity index is 1.21. The SMILES string of the molecule is O=C(CCCCS(=O)(=O)O)N1CCOC2(CCN(C(=O)Cc3ccc(OCCCC4CCNCC4)cc3F)C2)C1. The molecular weight excluding hydrogens is 541 g/mol. The van der Waals surface area contributed by atoms with Crippen molar-refractivity contribution in [2.24, 2.45) is 5.92 Å². The molecule has 40 heavy (non-hydrogen) atoms. The van der Waals surface area contributed by atoms with Gasteiger partial charge >= 0.3 is 0 Å². The minimum atomic E-state index is -4.03. The van der Waals surface area contributed by atoms with Gasteiger partial charge in [-0.25, -0.2) is 4.39 Å². The molecule has 10 nitrogen and oxygen atoms in total. The van der Waals surface area contributed by atoms with E-state index in [1.165, 1.54) is 18.9 Å². The van der Waals surface area contributed by atoms with Crippen molar-refractivity contribution < 1.29 is 36.4 Å². The number of nitrogens with zero attached hydrogens (tertiary/aromatic N) is 2. The van der Waals surface area contributed by atoms with Crippen LogP contribution in [0, 0.1) is 11.7 Å². The lowest BCUT2D eigenvalue weighted by Crippen LogP contribution is -2.55. The number of carbonyl (C=O) groups excluding carboxylic acids is 2. The number of amides is 2. The van der Waals surface area contributed by atoms with E-state index in [0.717, 1.165) is 31.8 Å². The molecule has 224 valence electrons. The summed E-state index contributed by atoms with van der Waals surface area (Å²) in [5.41, 5.74) is -0.332. The number of piperidine rings is 1. The van der Waals surface area contributed by atoms with E-state index in [1.807, 2.05) is 0 Å². The third-order valence-corrected chi connectivity index (χ3v) is 8.97. The molecule has 1 aromatic carbocycles. The number of carbonyl (C=O) groups is 2. The summed E-state index contributed by atoms with van der Waals surface area (Å²) in [6.45, 7) is 4.63. The summed E-state index contributed by atoms with van der Waals surface area (Å²) in [6, 6.07) is 4.68. The molecule has 2 N–H and O–H groups in total. The highest BCUT2D eigenvalue weighted by Crippen LogP contribution is 2.30. The van der Waals surface area contributed by atoms with Crippen LogP contribution in [0.5, 0.6) is 5.75 Å². The molecule has 1 aromatic rings. The van der Waals surface area contributed by atoms with Gasteiger partial charge in [-0.2, -0.15) is 8.42 Å². The van der Waals surface area contributed by atoms with Crippen LogP contribution < -0.4 is 10.1 Å². The Hall–Kier alpha value is -2.28. The van der Waals surface area contributed by atoms with Crippen LogP contribution in [0.15, 0.2) is 18.2 Å². The average Bonchev–Trinajstić information content (AvgIpc) is 3.33. The van der Waals surface area contributed by atoms with Gasteiger partial charge in [0.1, 0.15) is 17.2 Å². The fourth-order valence-electron chi connectivity index (χ4n) is 5.85. The van der Waals surface area contributed by atoms with Crippen molar-refractivity contribution in [1.82, 2.24) is 15.1 Å². The smallest absolute Gasteiger partial charge is 0.264 e. The molecule has 2 amide bonds. The molecule has 0 bridgehead atoms. The van der Waals surface area contributed by atoms with E-state index in [0.29, 0.717) is 63.5 Å². The normalized spacial score (nSPS) is 22.1. The Kier molecular flexibility index (Phi) is 10.8. The number of benzene rings is 1. The Bertz CT molecular complexity index is 1130. The molecule has 1 atom stereocenters. The number of nitrogens with one attached hydrogen (secondary N) is 1. The highest BCUT2D eigenvalue weighted by Gasteiger charge is 2.45. The molecule has 3 fully saturated rings. The van der Waals surface area contributed by atoms with E-state index in [1.54, 1.807) is 21.9 Å². The topological polar surface area (TPSA) is 125 Å². The van der Waals surface area contributed by atoms with Crippen LogP contribution in [0.2, 0.25) is 0 Å². The minimum Gasteiger partial charge on any atom is -0.493 e. The predicted molar refractivity (Wildman–Crippen MR) is 147 cm³/mol. The van der Waals surface area contributed by atoms with Crippen LogP contribution in [-0.4, -0.2) is 98.4 Å². The van der Waals surface area contributed by atoms with Gasteiger partial charge in [0.05, 0.1) is 38.5 Å². The highest BCUT2D eigenvalue weighted by atomic mass is 32.2. The highest BCUT2D eigenvalue weighted by molar-refractivity contribution is 7.85. The second kappa shape index (κ2) is 14.1. The van der Waals surface area contributed by atoms with Crippen LogP contribution in [-0.2, 0) is 30.9 Å². The van der Waals surface area contributed by atoms with Crippen LogP contribution in [0.1, 0.15) is 56.9 Å². The van der Waals surface area contributed by atoms with E-state index in [2.05, 4.69) is 5.32 Å². The van der Waals surface area contributed by atoms with Crippen LogP contribution in [0.4, 0.5) is 4.39 Å². The zero-order valence-corrected chi connectivity index (χ0v) is 23.9. The summed E-state index contributed by atoms with van der Waals surface area (Å²) < 4.78 is 57.2. The molecule has 0 aromatic heterocycles. The van der Waals surface area contributed by atoms with E-state index in [-0.39, 0.29) is 36.8 Å². The van der Waals surface area contributed by atoms with E-state index < -0.39 is 21.5 Å². The number of unbranched alkanes of at least 4 members (excludes halogenated alkanes) is 1. The number of morpholine rings is 1. The Labute approximate surface area is 236 Å². The van der Waals surface area contributed by atoms with Gasteiger partial charge in [-0.1, -0.05) is 6.07 Å². The first kappa shape index (κ1) is 30.7. The van der Waals surface area contributed by atoms with E-state index in [4.69, 9.17) is 14.0 Å². The minimum absolute atomic E-state index is 0.0612. The van der Waals surface area contributed by atoms with Gasteiger partial charge < -0.3 is 24.6 Å². The molecule has 3 saturated heterocycles. The maximum Gasteiger partial charge on any atom is 0.264 e. The molecule has 3 aliphatic rings. The monoisotopic (exact) mass is 583 g/mol. The first-order valence-corrected chi connectivity index (χ1v) is 16.0. The largest absolute Gasteiger partial charge is 0.493 e. The summed E-state index contributed by atoms with van der Waals surface area (Å²) in [5.74, 6) is 0.0876. The molecule has 3 heterocycles. The van der Waals surface area contributed by atoms with Crippen molar-refractivity contribution in [2.75, 3.05) is 58.2 Å². The zero-order chi connectivity index (χ0) is 28.6. The van der Waals surface area contributed by atoms with Crippen molar-refractivity contribution in [3.63, 3.8) is 0 Å². The molecule has 0 radical (unpaired) electrons. The Morgan fingerprint density at radius 1 is 1.10 bits per heavy atom. The van der Waals surface area contributed by atoms with Crippen molar-refractivity contribution in [1.29, 1.82) is 0 Å². The maximum atomic E-state index is 14.8. The van der Waals surface area contributed by atoms with E-state index in [9.17, 15) is 22.4 Å². The number of ether oxygens (including phenoxy) is 2. The van der Waals surface area contributed by atoms with Gasteiger partial charge in [-0.05, 0) is 75.6 Å². The first-order valence-electron chi connectivity index (χ1n) is 14.4. The summed E-state index contributed by atoms with van der Waals surface area (Å²) >= 11 is 0. The first-order chi connectivity index (χ1) is 19.1. The molecule has 12 heteroatoms. The second-order valence-electron chi connectivity index (χ2n) is 11.3. The summed E-state index contributed by atoms with van der Waals surface area (Å²) in [4.78, 5) is 29.1. The average molecular weight is 584 g/mol. The zero-order valence-electron chi connectivity index (χ0n) is 23.1. The van der Waals surface area contributed by atoms with Gasteiger partial charge in [0.2, 0.25) is 11.8 Å². The lowest BCUT2D eigenvalue weighted by molar-refractivity contribution is -0.150. The Morgan fingerprint density at radius 2 is 1.85 bits per heavy atom. The fraction of sp³-hybridized carbons (Fsp3) is 0.714. The number of hydrogen-bond donors (Lipinski definition) is 2. The van der Waals surface area contributed by atoms with E-state index >= 15 is 0 Å². The maximum absolute atomic E-state index is 14.8. The summed E-state index contributed by atoms with van der Waals surface area (Å²) in [5, 5.41) is 3.37. The lowest BCUT2D eigenvalue weighted by atomic mass is 9.93. The fourth-order valence-corrected chi connectivity index (χ4v) is 6.42. The van der Waals surface area contributed by atoms with Crippen LogP contribution >= 0.6 is 0 Å². The van der Waals surface area contributed by atoms with Gasteiger partial charge in [-0.3, -0.25) is 14.1 Å². The molecule has 3 aliphatic heterocycles. The molecule has 1 unspecified atom stereocenters. The van der Waals surface area contributed by atoms with Crippen molar-refractivity contribution in [2.45, 2.75) is 63.4 Å². The Morgan fingerprint density at radius 3 is 2.58 bits per heavy atom. The second-order valence-corrected chi connectivity index (χ2v) is 12.8. The molecule has 0 saturated carbocycles. The van der Waals surface area contributed by atoms with Gasteiger partial charge in [0.25, 0.3) is 10.1 Å². The van der Waals surface area contributed by atoms with Crippen LogP contribution in [0.3, 0.4) is 0 Å². The summed E-state index contributed by atoms with van der Waals surface area (Å²) in [6.07, 6.45) is 5.71. The number of hydrogen-bond acceptors (Lipinski definition) is 7. The standard InChI is InChI=1S/C28H42FN3O7S/c29-25-19-24(38-15-3-4-22-8-11-30-12-9-22)7-6-23(25)18-27(34)31-13-10-28(20-31)21-32(14-16-39-28)26(33)5-1-2-17-40(35,36)37/h6-7,19,22,30H,1-5,8-18,20-21H2,(H,35,36,37). The third kappa shape index (κ3) is 9.12. The molecule has 4 rings (SSSR count). The third-order valence-electron chi connectivity index (χ3n) is 8.16. The van der Waals surface area contributed by atoms with Crippen molar-refractivity contribution in [3.8, 4) is 5.75 Å². The predicted octanol–water partition coefficient (Wildman–Crippen LogP) is 2.41. The van der Waals surface area contributed by atoms with Gasteiger partial charge in [-0.15, -0.1) is 0 Å². The van der Waals surface area contributed by atoms with Crippen molar-refractivity contribution in [3.05, 3.63) is 29.6 Å². The quantitative estimate of drug-likeness (QED) is 0.284. The molecular formula is C28H42FN3O7S. The van der Waals surface area contributed by atoms with Gasteiger partial charge in [0, 0.05) is 25.6 Å². The number of likely N-dealkylation sites (tertiary alicyclic amines) is 1. The van der Waals surface area contributed by atoms with Crippen LogP contribution in [0.25, 0.3) is 0 Å². The summed E-state index contributed by atoms with van der Waals surface area (Å²) in [7, 11) is -4.03. The molecule has 1 spiro atoms. The molecule has 0 aliphatic carbocycles. The van der Waals surface area contributed by atoms with Gasteiger partial charge in [0.15, 0.2) is 0 Å². The van der Waals surface area contributed by atoms with Crippen molar-refractivity contribution >= 4 is 21.9 Å². The number of rotatable bonds is 12.